The summed E-state index contributed by atoms with van der Waals surface area (Å²) in [5.41, 5.74) is 3.27. The van der Waals surface area contributed by atoms with Gasteiger partial charge in [-0.3, -0.25) is 14.6 Å². The van der Waals surface area contributed by atoms with Crippen LogP contribution in [0.4, 0.5) is 5.69 Å². The predicted molar refractivity (Wildman–Crippen MR) is 119 cm³/mol. The van der Waals surface area contributed by atoms with Gasteiger partial charge in [0.05, 0.1) is 25.9 Å². The van der Waals surface area contributed by atoms with Crippen LogP contribution in [0.5, 0.6) is 0 Å². The number of carbonyl (C=O) groups excluding carboxylic acids is 1. The fraction of sp³-hybridized carbons (Fsp3) is 0.708. The molecule has 0 spiro atoms. The highest BCUT2D eigenvalue weighted by Gasteiger charge is 2.43. The van der Waals surface area contributed by atoms with Crippen molar-refractivity contribution in [3.63, 3.8) is 0 Å². The number of para-hydroxylation sites is 1. The van der Waals surface area contributed by atoms with Crippen molar-refractivity contribution in [1.82, 2.24) is 9.80 Å². The van der Waals surface area contributed by atoms with Gasteiger partial charge in [0, 0.05) is 37.9 Å². The number of benzene rings is 1. The van der Waals surface area contributed by atoms with Crippen LogP contribution in [0.15, 0.2) is 18.2 Å². The fourth-order valence-corrected chi connectivity index (χ4v) is 5.66. The third-order valence-electron chi connectivity index (χ3n) is 7.26. The van der Waals surface area contributed by atoms with Crippen LogP contribution in [0.1, 0.15) is 43.7 Å². The minimum absolute atomic E-state index is 0.0649. The van der Waals surface area contributed by atoms with Crippen LogP contribution >= 0.6 is 0 Å². The maximum atomic E-state index is 12.9. The quantitative estimate of drug-likeness (QED) is 0.773. The van der Waals surface area contributed by atoms with Gasteiger partial charge in [-0.15, -0.1) is 0 Å². The topological polar surface area (TPSA) is 65.0 Å². The van der Waals surface area contributed by atoms with Gasteiger partial charge < -0.3 is 15.2 Å². The molecule has 4 rings (SSSR count). The second kappa shape index (κ2) is 9.35. The summed E-state index contributed by atoms with van der Waals surface area (Å²) in [4.78, 5) is 17.5. The lowest BCUT2D eigenvalue weighted by Crippen LogP contribution is -2.53. The number of aliphatic hydroxyl groups is 1. The first-order chi connectivity index (χ1) is 14.4. The van der Waals surface area contributed by atoms with Crippen molar-refractivity contribution in [3.8, 4) is 0 Å². The Morgan fingerprint density at radius 2 is 1.90 bits per heavy atom. The van der Waals surface area contributed by atoms with E-state index in [0.717, 1.165) is 63.5 Å². The van der Waals surface area contributed by atoms with Gasteiger partial charge in [-0.25, -0.2) is 0 Å². The lowest BCUT2D eigenvalue weighted by molar-refractivity contribution is -0.117. The normalized spacial score (nSPS) is 30.4. The Bertz CT molecular complexity index is 747. The second-order valence-electron chi connectivity index (χ2n) is 9.71. The number of aliphatic hydroxyl groups excluding tert-OH is 1. The molecule has 3 fully saturated rings. The molecule has 2 N–H and O–H groups in total. The SMILES string of the molecule is Cc1cccc(C(C)C)c1NC(=O)CN1C[C@H]2C[C@@H](N3CCOCC3)[C@H](O)C[C@H]2C1. The molecule has 3 aliphatic rings. The molecule has 2 saturated heterocycles. The number of hydrogen-bond acceptors (Lipinski definition) is 5. The Labute approximate surface area is 180 Å². The van der Waals surface area contributed by atoms with Crippen molar-refractivity contribution in [3.05, 3.63) is 29.3 Å². The van der Waals surface area contributed by atoms with E-state index < -0.39 is 0 Å². The van der Waals surface area contributed by atoms with E-state index in [1.165, 1.54) is 5.56 Å². The number of aryl methyl sites for hydroxylation is 1. The monoisotopic (exact) mass is 415 g/mol. The Balaban J connectivity index is 1.35. The number of morpholine rings is 1. The molecule has 0 bridgehead atoms. The lowest BCUT2D eigenvalue weighted by Gasteiger charge is -2.43. The summed E-state index contributed by atoms with van der Waals surface area (Å²) in [5.74, 6) is 1.50. The molecule has 4 atom stereocenters. The van der Waals surface area contributed by atoms with Gasteiger partial charge >= 0.3 is 0 Å². The first-order valence-corrected chi connectivity index (χ1v) is 11.5. The van der Waals surface area contributed by atoms with Crippen molar-refractivity contribution in [2.24, 2.45) is 11.8 Å². The van der Waals surface area contributed by atoms with Crippen molar-refractivity contribution in [2.75, 3.05) is 51.3 Å². The minimum Gasteiger partial charge on any atom is -0.391 e. The number of amides is 1. The molecule has 2 heterocycles. The third kappa shape index (κ3) is 4.72. The first-order valence-electron chi connectivity index (χ1n) is 11.5. The molecular formula is C24H37N3O3. The number of ether oxygens (including phenoxy) is 1. The van der Waals surface area contributed by atoms with E-state index in [1.807, 2.05) is 0 Å². The summed E-state index contributed by atoms with van der Waals surface area (Å²) < 4.78 is 5.48. The number of nitrogens with zero attached hydrogens (tertiary/aromatic N) is 2. The van der Waals surface area contributed by atoms with Crippen LogP contribution in [0.2, 0.25) is 0 Å². The summed E-state index contributed by atoms with van der Waals surface area (Å²) in [6, 6.07) is 6.45. The maximum Gasteiger partial charge on any atom is 0.238 e. The average molecular weight is 416 g/mol. The van der Waals surface area contributed by atoms with Crippen molar-refractivity contribution in [2.45, 2.75) is 51.7 Å². The molecule has 166 valence electrons. The molecule has 0 radical (unpaired) electrons. The van der Waals surface area contributed by atoms with E-state index in [9.17, 15) is 9.90 Å². The fourth-order valence-electron chi connectivity index (χ4n) is 5.66. The Hall–Kier alpha value is -1.47. The van der Waals surface area contributed by atoms with E-state index >= 15 is 0 Å². The second-order valence-corrected chi connectivity index (χ2v) is 9.71. The smallest absolute Gasteiger partial charge is 0.238 e. The number of nitrogens with one attached hydrogen (secondary N) is 1. The van der Waals surface area contributed by atoms with Crippen molar-refractivity contribution >= 4 is 11.6 Å². The molecule has 6 nitrogen and oxygen atoms in total. The molecule has 6 heteroatoms. The van der Waals surface area contributed by atoms with Crippen LogP contribution in [0, 0.1) is 18.8 Å². The van der Waals surface area contributed by atoms with Crippen molar-refractivity contribution in [1.29, 1.82) is 0 Å². The van der Waals surface area contributed by atoms with E-state index in [0.29, 0.717) is 24.3 Å². The zero-order valence-corrected chi connectivity index (χ0v) is 18.6. The summed E-state index contributed by atoms with van der Waals surface area (Å²) in [7, 11) is 0. The highest BCUT2D eigenvalue weighted by Crippen LogP contribution is 2.38. The standard InChI is InChI=1S/C24H37N3O3/c1-16(2)20-6-4-5-17(3)24(20)25-23(29)15-26-13-18-11-21(22(28)12-19(18)14-26)27-7-9-30-10-8-27/h4-6,16,18-19,21-22,28H,7-15H2,1-3H3,(H,25,29)/t18-,19+,21-,22-/m1/s1. The van der Waals surface area contributed by atoms with Crippen LogP contribution in [-0.4, -0.2) is 78.9 Å². The first kappa shape index (κ1) is 21.8. The Morgan fingerprint density at radius 1 is 1.20 bits per heavy atom. The summed E-state index contributed by atoms with van der Waals surface area (Å²) in [6.07, 6.45) is 1.61. The molecule has 1 aliphatic carbocycles. The van der Waals surface area contributed by atoms with E-state index in [-0.39, 0.29) is 18.1 Å². The van der Waals surface area contributed by atoms with Gasteiger partial charge in [0.25, 0.3) is 0 Å². The summed E-state index contributed by atoms with van der Waals surface area (Å²) in [6.45, 7) is 12.0. The van der Waals surface area contributed by atoms with Gasteiger partial charge in [0.1, 0.15) is 0 Å². The zero-order valence-electron chi connectivity index (χ0n) is 18.6. The van der Waals surface area contributed by atoms with Gasteiger partial charge in [-0.2, -0.15) is 0 Å². The number of carbonyl (C=O) groups is 1. The summed E-state index contributed by atoms with van der Waals surface area (Å²) in [5, 5.41) is 13.9. The van der Waals surface area contributed by atoms with Gasteiger partial charge in [0.2, 0.25) is 5.91 Å². The molecule has 1 saturated carbocycles. The number of hydrogen-bond donors (Lipinski definition) is 2. The molecule has 1 aromatic carbocycles. The average Bonchev–Trinajstić information content (AvgIpc) is 3.10. The largest absolute Gasteiger partial charge is 0.391 e. The van der Waals surface area contributed by atoms with E-state index in [1.54, 1.807) is 0 Å². The van der Waals surface area contributed by atoms with Crippen molar-refractivity contribution < 1.29 is 14.6 Å². The molecule has 2 aliphatic heterocycles. The van der Waals surface area contributed by atoms with E-state index in [4.69, 9.17) is 4.74 Å². The predicted octanol–water partition coefficient (Wildman–Crippen LogP) is 2.46. The number of rotatable bonds is 5. The number of likely N-dealkylation sites (tertiary alicyclic amines) is 1. The molecule has 0 aromatic heterocycles. The highest BCUT2D eigenvalue weighted by atomic mass is 16.5. The van der Waals surface area contributed by atoms with Gasteiger partial charge in [-0.1, -0.05) is 32.0 Å². The number of anilines is 1. The van der Waals surface area contributed by atoms with Gasteiger partial charge in [0.15, 0.2) is 0 Å². The molecular weight excluding hydrogens is 378 g/mol. The maximum absolute atomic E-state index is 12.9. The summed E-state index contributed by atoms with van der Waals surface area (Å²) >= 11 is 0. The molecule has 30 heavy (non-hydrogen) atoms. The Kier molecular flexibility index (Phi) is 6.78. The van der Waals surface area contributed by atoms with Crippen LogP contribution in [0.3, 0.4) is 0 Å². The number of fused-ring (bicyclic) bond motifs is 1. The highest BCUT2D eigenvalue weighted by molar-refractivity contribution is 5.94. The molecule has 1 amide bonds. The van der Waals surface area contributed by atoms with Gasteiger partial charge in [-0.05, 0) is 48.6 Å². The van der Waals surface area contributed by atoms with Crippen LogP contribution in [-0.2, 0) is 9.53 Å². The molecule has 1 aromatic rings. The van der Waals surface area contributed by atoms with E-state index in [2.05, 4.69) is 54.1 Å². The van der Waals surface area contributed by atoms with Crippen LogP contribution < -0.4 is 5.32 Å². The zero-order chi connectivity index (χ0) is 21.3. The lowest BCUT2D eigenvalue weighted by atomic mass is 9.77. The Morgan fingerprint density at radius 3 is 2.60 bits per heavy atom. The minimum atomic E-state index is -0.265. The molecule has 0 unspecified atom stereocenters. The third-order valence-corrected chi connectivity index (χ3v) is 7.26. The van der Waals surface area contributed by atoms with Crippen LogP contribution in [0.25, 0.3) is 0 Å².